The molecule has 0 saturated heterocycles. The van der Waals surface area contributed by atoms with Gasteiger partial charge in [0.05, 0.1) is 36.8 Å². The Hall–Kier alpha value is -4.89. The zero-order chi connectivity index (χ0) is 29.3. The van der Waals surface area contributed by atoms with Crippen LogP contribution in [0.3, 0.4) is 0 Å². The van der Waals surface area contributed by atoms with E-state index in [9.17, 15) is 0 Å². The van der Waals surface area contributed by atoms with Crippen LogP contribution in [0.5, 0.6) is 11.5 Å². The average Bonchev–Trinajstić information content (AvgIpc) is 3.48. The summed E-state index contributed by atoms with van der Waals surface area (Å²) in [6.07, 6.45) is 3.84. The Morgan fingerprint density at radius 1 is 0.881 bits per heavy atom. The molecule has 0 amide bonds. The molecule has 5 rings (SSSR count). The third-order valence-electron chi connectivity index (χ3n) is 7.09. The lowest BCUT2D eigenvalue weighted by molar-refractivity contribution is 0.223. The van der Waals surface area contributed by atoms with E-state index >= 15 is 0 Å². The number of methoxy groups -OCH3 is 1. The van der Waals surface area contributed by atoms with Crippen molar-refractivity contribution in [1.82, 2.24) is 24.6 Å². The van der Waals surface area contributed by atoms with Crippen LogP contribution in [-0.2, 0) is 6.54 Å². The predicted molar refractivity (Wildman–Crippen MR) is 168 cm³/mol. The fourth-order valence-corrected chi connectivity index (χ4v) is 4.82. The summed E-state index contributed by atoms with van der Waals surface area (Å²) in [6, 6.07) is 25.8. The highest BCUT2D eigenvalue weighted by atomic mass is 16.5. The summed E-state index contributed by atoms with van der Waals surface area (Å²) < 4.78 is 13.5. The van der Waals surface area contributed by atoms with Gasteiger partial charge in [-0.15, -0.1) is 0 Å². The summed E-state index contributed by atoms with van der Waals surface area (Å²) in [6.45, 7) is 8.47. The predicted octanol–water partition coefficient (Wildman–Crippen LogP) is 6.11. The molecule has 0 aliphatic heterocycles. The lowest BCUT2D eigenvalue weighted by Gasteiger charge is -2.18. The van der Waals surface area contributed by atoms with Crippen LogP contribution in [0, 0.1) is 0 Å². The van der Waals surface area contributed by atoms with Crippen LogP contribution in [0.25, 0.3) is 22.4 Å². The lowest BCUT2D eigenvalue weighted by Crippen LogP contribution is -2.27. The number of likely N-dealkylation sites (N-methyl/N-ethyl adjacent to an activating group) is 1. The lowest BCUT2D eigenvalue weighted by atomic mass is 10.0. The molecule has 2 aromatic heterocycles. The highest BCUT2D eigenvalue weighted by Crippen LogP contribution is 2.39. The van der Waals surface area contributed by atoms with Crippen LogP contribution in [0.15, 0.2) is 91.3 Å². The van der Waals surface area contributed by atoms with Crippen molar-refractivity contribution in [3.63, 3.8) is 0 Å². The number of nitrogens with one attached hydrogen (secondary N) is 1. The average molecular weight is 564 g/mol. The molecule has 0 aliphatic rings. The first kappa shape index (κ1) is 28.6. The minimum Gasteiger partial charge on any atom is -0.495 e. The molecule has 0 fully saturated rings. The third-order valence-corrected chi connectivity index (χ3v) is 7.09. The molecule has 0 aliphatic carbocycles. The van der Waals surface area contributed by atoms with E-state index in [0.29, 0.717) is 30.4 Å². The van der Waals surface area contributed by atoms with Crippen molar-refractivity contribution >= 4 is 17.5 Å². The second kappa shape index (κ2) is 13.6. The second-order valence-electron chi connectivity index (χ2n) is 9.79. The van der Waals surface area contributed by atoms with Gasteiger partial charge in [-0.25, -0.2) is 4.98 Å². The second-order valence-corrected chi connectivity index (χ2v) is 9.79. The van der Waals surface area contributed by atoms with Gasteiger partial charge in [0.25, 0.3) is 0 Å². The Kier molecular flexibility index (Phi) is 9.30. The highest BCUT2D eigenvalue weighted by molar-refractivity contribution is 5.90. The number of aromatic nitrogens is 4. The summed E-state index contributed by atoms with van der Waals surface area (Å²) in [5.74, 6) is 2.20. The van der Waals surface area contributed by atoms with Crippen LogP contribution < -0.4 is 20.5 Å². The molecule has 9 heteroatoms. The molecule has 2 heterocycles. The standard InChI is InChI=1S/C33H37N7O2/c1-4-39(5-2)19-20-42-27-17-15-25(16-18-27)31-30(26-21-35-40(23-26)22-24-11-7-6-8-12-24)32(38-33(34)37-31)36-28-13-9-10-14-29(28)41-3/h6-18,21,23H,4-5,19-20,22H2,1-3H3,(H3,34,36,37,38). The summed E-state index contributed by atoms with van der Waals surface area (Å²) in [4.78, 5) is 11.7. The van der Waals surface area contributed by atoms with E-state index in [-0.39, 0.29) is 5.95 Å². The van der Waals surface area contributed by atoms with Crippen LogP contribution in [0.4, 0.5) is 17.5 Å². The minimum absolute atomic E-state index is 0.155. The molecule has 0 spiro atoms. The first-order chi connectivity index (χ1) is 20.6. The van der Waals surface area contributed by atoms with Crippen molar-refractivity contribution in [3.8, 4) is 33.9 Å². The van der Waals surface area contributed by atoms with E-state index in [1.165, 1.54) is 0 Å². The molecular formula is C33H37N7O2. The molecular weight excluding hydrogens is 526 g/mol. The van der Waals surface area contributed by atoms with E-state index in [2.05, 4.69) is 46.3 Å². The maximum absolute atomic E-state index is 6.28. The maximum atomic E-state index is 6.28. The number of ether oxygens (including phenoxy) is 2. The number of hydrogen-bond acceptors (Lipinski definition) is 8. The molecule has 3 N–H and O–H groups in total. The molecule has 9 nitrogen and oxygen atoms in total. The van der Waals surface area contributed by atoms with Gasteiger partial charge in [-0.05, 0) is 55.1 Å². The number of nitrogens with two attached hydrogens (primary N) is 1. The Morgan fingerprint density at radius 3 is 2.36 bits per heavy atom. The molecule has 5 aromatic rings. The van der Waals surface area contributed by atoms with Gasteiger partial charge >= 0.3 is 0 Å². The van der Waals surface area contributed by atoms with E-state index in [1.54, 1.807) is 7.11 Å². The van der Waals surface area contributed by atoms with Crippen molar-refractivity contribution < 1.29 is 9.47 Å². The van der Waals surface area contributed by atoms with Crippen LogP contribution in [0.2, 0.25) is 0 Å². The van der Waals surface area contributed by atoms with Crippen LogP contribution in [-0.4, -0.2) is 58.0 Å². The van der Waals surface area contributed by atoms with Crippen molar-refractivity contribution in [2.45, 2.75) is 20.4 Å². The summed E-state index contributed by atoms with van der Waals surface area (Å²) >= 11 is 0. The van der Waals surface area contributed by atoms with Gasteiger partial charge in [0.15, 0.2) is 0 Å². The first-order valence-corrected chi connectivity index (χ1v) is 14.2. The number of nitrogen functional groups attached to an aromatic ring is 1. The zero-order valence-corrected chi connectivity index (χ0v) is 24.3. The summed E-state index contributed by atoms with van der Waals surface area (Å²) in [7, 11) is 1.64. The van der Waals surface area contributed by atoms with Gasteiger partial charge < -0.3 is 25.4 Å². The van der Waals surface area contributed by atoms with Gasteiger partial charge in [0.2, 0.25) is 5.95 Å². The Morgan fingerprint density at radius 2 is 1.62 bits per heavy atom. The van der Waals surface area contributed by atoms with Crippen LogP contribution >= 0.6 is 0 Å². The quantitative estimate of drug-likeness (QED) is 0.177. The number of hydrogen-bond donors (Lipinski definition) is 2. The molecule has 216 valence electrons. The van der Waals surface area contributed by atoms with Crippen LogP contribution in [0.1, 0.15) is 19.4 Å². The van der Waals surface area contributed by atoms with Crippen molar-refractivity contribution in [1.29, 1.82) is 0 Å². The van der Waals surface area contributed by atoms with E-state index in [1.807, 2.05) is 83.8 Å². The molecule has 0 unspecified atom stereocenters. The van der Waals surface area contributed by atoms with Gasteiger partial charge in [0, 0.05) is 23.9 Å². The molecule has 0 radical (unpaired) electrons. The molecule has 3 aromatic carbocycles. The normalized spacial score (nSPS) is 11.0. The zero-order valence-electron chi connectivity index (χ0n) is 24.3. The maximum Gasteiger partial charge on any atom is 0.222 e. The third kappa shape index (κ3) is 6.87. The number of benzene rings is 3. The summed E-state index contributed by atoms with van der Waals surface area (Å²) in [5.41, 5.74) is 11.4. The molecule has 0 atom stereocenters. The SMILES string of the molecule is CCN(CC)CCOc1ccc(-c2nc(N)nc(Nc3ccccc3OC)c2-c2cnn(Cc3ccccc3)c2)cc1. The number of para-hydroxylation sites is 2. The Labute approximate surface area is 247 Å². The minimum atomic E-state index is 0.155. The number of nitrogens with zero attached hydrogens (tertiary/aromatic N) is 5. The van der Waals surface area contributed by atoms with E-state index < -0.39 is 0 Å². The highest BCUT2D eigenvalue weighted by Gasteiger charge is 2.20. The van der Waals surface area contributed by atoms with E-state index in [0.717, 1.165) is 53.3 Å². The Bertz CT molecular complexity index is 1580. The Balaban J connectivity index is 1.51. The monoisotopic (exact) mass is 563 g/mol. The van der Waals surface area contributed by atoms with E-state index in [4.69, 9.17) is 20.2 Å². The fraction of sp³-hybridized carbons (Fsp3) is 0.242. The topological polar surface area (TPSA) is 103 Å². The van der Waals surface area contributed by atoms with Crippen molar-refractivity contribution in [3.05, 3.63) is 96.8 Å². The van der Waals surface area contributed by atoms with Crippen molar-refractivity contribution in [2.24, 2.45) is 0 Å². The van der Waals surface area contributed by atoms with Gasteiger partial charge in [-0.3, -0.25) is 4.68 Å². The van der Waals surface area contributed by atoms with Gasteiger partial charge in [0.1, 0.15) is 23.9 Å². The van der Waals surface area contributed by atoms with Gasteiger partial charge in [-0.1, -0.05) is 56.3 Å². The molecule has 0 saturated carbocycles. The fourth-order valence-electron chi connectivity index (χ4n) is 4.82. The number of anilines is 3. The molecule has 42 heavy (non-hydrogen) atoms. The summed E-state index contributed by atoms with van der Waals surface area (Å²) in [5, 5.41) is 8.10. The first-order valence-electron chi connectivity index (χ1n) is 14.2. The molecule has 0 bridgehead atoms. The smallest absolute Gasteiger partial charge is 0.222 e. The van der Waals surface area contributed by atoms with Crippen molar-refractivity contribution in [2.75, 3.05) is 44.4 Å². The largest absolute Gasteiger partial charge is 0.495 e. The number of rotatable bonds is 13. The van der Waals surface area contributed by atoms with Gasteiger partial charge in [-0.2, -0.15) is 10.1 Å².